The molecule has 1 aliphatic heterocycles. The van der Waals surface area contributed by atoms with E-state index in [1.54, 1.807) is 0 Å². The fourth-order valence-corrected chi connectivity index (χ4v) is 5.42. The predicted octanol–water partition coefficient (Wildman–Crippen LogP) is 5.74. The molecule has 1 aliphatic rings. The van der Waals surface area contributed by atoms with Crippen LogP contribution in [-0.4, -0.2) is 78.4 Å². The van der Waals surface area contributed by atoms with Gasteiger partial charge in [-0.2, -0.15) is 0 Å². The van der Waals surface area contributed by atoms with Crippen molar-refractivity contribution >= 4 is 61.7 Å². The van der Waals surface area contributed by atoms with Gasteiger partial charge in [0.1, 0.15) is 0 Å². The summed E-state index contributed by atoms with van der Waals surface area (Å²) in [6, 6.07) is 12.3. The van der Waals surface area contributed by atoms with E-state index in [4.69, 9.17) is 32.9 Å². The van der Waals surface area contributed by atoms with Crippen LogP contribution in [-0.2, 0) is 11.3 Å². The number of fused-ring (bicyclic) bond motifs is 4. The smallest absolute Gasteiger partial charge is 0.0968 e. The van der Waals surface area contributed by atoms with Crippen LogP contribution in [0.1, 0.15) is 13.8 Å². The average Bonchev–Trinajstić information content (AvgIpc) is 3.16. The summed E-state index contributed by atoms with van der Waals surface area (Å²) in [5.74, 6) is 0. The Kier molecular flexibility index (Phi) is 7.65. The number of aromatic nitrogens is 2. The molecule has 4 aromatic rings. The van der Waals surface area contributed by atoms with Crippen LogP contribution >= 0.6 is 23.2 Å². The Bertz CT molecular complexity index is 1330. The maximum absolute atomic E-state index is 6.52. The van der Waals surface area contributed by atoms with Gasteiger partial charge in [0.2, 0.25) is 0 Å². The second-order valence-corrected chi connectivity index (χ2v) is 9.97. The van der Waals surface area contributed by atoms with Crippen molar-refractivity contribution in [1.82, 2.24) is 19.4 Å². The molecule has 0 spiro atoms. The maximum Gasteiger partial charge on any atom is 0.0968 e. The molecule has 1 fully saturated rings. The van der Waals surface area contributed by atoms with Gasteiger partial charge in [-0.05, 0) is 49.5 Å². The van der Waals surface area contributed by atoms with Gasteiger partial charge in [-0.15, -0.1) is 0 Å². The van der Waals surface area contributed by atoms with Gasteiger partial charge >= 0.3 is 0 Å². The first kappa shape index (κ1) is 24.6. The molecule has 0 unspecified atom stereocenters. The van der Waals surface area contributed by atoms with E-state index in [0.29, 0.717) is 5.02 Å². The van der Waals surface area contributed by atoms with Gasteiger partial charge in [0, 0.05) is 65.8 Å². The molecule has 2 aromatic heterocycles. The van der Waals surface area contributed by atoms with Crippen molar-refractivity contribution in [2.45, 2.75) is 20.4 Å². The topological polar surface area (TPSA) is 45.6 Å². The number of hydrogen-bond acceptors (Lipinski definition) is 5. The standard InChI is InChI=1S/C27H33Cl2N5O/c1-3-32(4-2)8-7-30-23-16-20(29)17-24-21(23)18-26-27(31-24)22-15-19(28)5-6-25(22)34(26)10-9-33-11-13-35-14-12-33/h5-6,15-18,30H,3-4,7-14H2,1-2H3. The van der Waals surface area contributed by atoms with Gasteiger partial charge in [0.25, 0.3) is 0 Å². The molecule has 1 saturated heterocycles. The number of morpholine rings is 1. The highest BCUT2D eigenvalue weighted by atomic mass is 35.5. The lowest BCUT2D eigenvalue weighted by Crippen LogP contribution is -2.38. The van der Waals surface area contributed by atoms with Crippen molar-refractivity contribution in [3.63, 3.8) is 0 Å². The van der Waals surface area contributed by atoms with E-state index in [2.05, 4.69) is 45.7 Å². The summed E-state index contributed by atoms with van der Waals surface area (Å²) < 4.78 is 7.91. The Morgan fingerprint density at radius 2 is 1.74 bits per heavy atom. The number of pyridine rings is 1. The zero-order valence-electron chi connectivity index (χ0n) is 20.5. The van der Waals surface area contributed by atoms with Crippen LogP contribution in [0.5, 0.6) is 0 Å². The van der Waals surface area contributed by atoms with E-state index < -0.39 is 0 Å². The molecule has 0 radical (unpaired) electrons. The lowest BCUT2D eigenvalue weighted by molar-refractivity contribution is 0.0366. The molecule has 0 atom stereocenters. The van der Waals surface area contributed by atoms with Crippen LogP contribution in [0.25, 0.3) is 32.8 Å². The van der Waals surface area contributed by atoms with Crippen molar-refractivity contribution in [3.05, 3.63) is 46.4 Å². The monoisotopic (exact) mass is 513 g/mol. The molecule has 1 N–H and O–H groups in total. The largest absolute Gasteiger partial charge is 0.383 e. The molecule has 5 rings (SSSR count). The molecule has 0 aliphatic carbocycles. The summed E-state index contributed by atoms with van der Waals surface area (Å²) in [5.41, 5.74) is 5.16. The molecule has 0 saturated carbocycles. The first-order valence-corrected chi connectivity index (χ1v) is 13.3. The quantitative estimate of drug-likeness (QED) is 0.309. The number of nitrogens with zero attached hydrogens (tertiary/aromatic N) is 4. The van der Waals surface area contributed by atoms with E-state index in [0.717, 1.165) is 109 Å². The Morgan fingerprint density at radius 1 is 0.943 bits per heavy atom. The third kappa shape index (κ3) is 5.23. The van der Waals surface area contributed by atoms with Crippen LogP contribution in [0.3, 0.4) is 0 Å². The van der Waals surface area contributed by atoms with Crippen LogP contribution < -0.4 is 5.32 Å². The number of hydrogen-bond donors (Lipinski definition) is 1. The second kappa shape index (κ2) is 10.9. The van der Waals surface area contributed by atoms with E-state index in [9.17, 15) is 0 Å². The summed E-state index contributed by atoms with van der Waals surface area (Å²) in [6.07, 6.45) is 0. The SMILES string of the molecule is CCN(CC)CCNc1cc(Cl)cc2nc3c4cc(Cl)ccc4n(CCN4CCOCC4)c3cc12. The molecular weight excluding hydrogens is 481 g/mol. The Morgan fingerprint density at radius 3 is 2.51 bits per heavy atom. The van der Waals surface area contributed by atoms with E-state index in [1.165, 1.54) is 0 Å². The maximum atomic E-state index is 6.52. The van der Waals surface area contributed by atoms with Crippen molar-refractivity contribution in [2.75, 3.05) is 64.3 Å². The highest BCUT2D eigenvalue weighted by molar-refractivity contribution is 6.32. The van der Waals surface area contributed by atoms with E-state index >= 15 is 0 Å². The summed E-state index contributed by atoms with van der Waals surface area (Å²) in [5, 5.41) is 7.19. The summed E-state index contributed by atoms with van der Waals surface area (Å²) in [4.78, 5) is 9.98. The molecule has 0 amide bonds. The fraction of sp³-hybridized carbons (Fsp3) is 0.444. The Hall–Kier alpha value is -2.09. The summed E-state index contributed by atoms with van der Waals surface area (Å²) in [6.45, 7) is 13.7. The number of anilines is 1. The zero-order chi connectivity index (χ0) is 24.4. The molecule has 35 heavy (non-hydrogen) atoms. The number of nitrogens with one attached hydrogen (secondary N) is 1. The van der Waals surface area contributed by atoms with Crippen LogP contribution in [0.2, 0.25) is 10.0 Å². The minimum Gasteiger partial charge on any atom is -0.383 e. The average molecular weight is 515 g/mol. The number of benzene rings is 2. The normalized spacial score (nSPS) is 15.1. The zero-order valence-corrected chi connectivity index (χ0v) is 22.0. The van der Waals surface area contributed by atoms with Gasteiger partial charge in [-0.3, -0.25) is 4.90 Å². The number of halogens is 2. The van der Waals surface area contributed by atoms with E-state index in [1.807, 2.05) is 24.3 Å². The fourth-order valence-electron chi connectivity index (χ4n) is 5.04. The molecule has 2 aromatic carbocycles. The van der Waals surface area contributed by atoms with Crippen LogP contribution in [0.4, 0.5) is 5.69 Å². The molecule has 3 heterocycles. The van der Waals surface area contributed by atoms with Crippen LogP contribution in [0, 0.1) is 0 Å². The molecule has 6 nitrogen and oxygen atoms in total. The van der Waals surface area contributed by atoms with Crippen molar-refractivity contribution in [3.8, 4) is 0 Å². The Labute approximate surface area is 216 Å². The number of rotatable bonds is 9. The molecular formula is C27H33Cl2N5O. The van der Waals surface area contributed by atoms with Gasteiger partial charge in [0.15, 0.2) is 0 Å². The number of ether oxygens (including phenoxy) is 1. The van der Waals surface area contributed by atoms with Gasteiger partial charge < -0.3 is 19.5 Å². The van der Waals surface area contributed by atoms with Crippen molar-refractivity contribution in [1.29, 1.82) is 0 Å². The second-order valence-electron chi connectivity index (χ2n) is 9.10. The van der Waals surface area contributed by atoms with Gasteiger partial charge in [0.05, 0.1) is 35.3 Å². The molecule has 8 heteroatoms. The summed E-state index contributed by atoms with van der Waals surface area (Å²) >= 11 is 12.9. The highest BCUT2D eigenvalue weighted by Crippen LogP contribution is 2.35. The first-order chi connectivity index (χ1) is 17.1. The minimum absolute atomic E-state index is 0.684. The highest BCUT2D eigenvalue weighted by Gasteiger charge is 2.17. The lowest BCUT2D eigenvalue weighted by Gasteiger charge is -2.26. The number of likely N-dealkylation sites (N-methyl/N-ethyl adjacent to an activating group) is 1. The van der Waals surface area contributed by atoms with Gasteiger partial charge in [-0.25, -0.2) is 4.98 Å². The Balaban J connectivity index is 1.57. The van der Waals surface area contributed by atoms with Gasteiger partial charge in [-0.1, -0.05) is 37.0 Å². The predicted molar refractivity (Wildman–Crippen MR) is 148 cm³/mol. The third-order valence-corrected chi connectivity index (χ3v) is 7.51. The van der Waals surface area contributed by atoms with Crippen LogP contribution in [0.15, 0.2) is 36.4 Å². The molecule has 186 valence electrons. The lowest BCUT2D eigenvalue weighted by atomic mass is 10.1. The molecule has 0 bridgehead atoms. The minimum atomic E-state index is 0.684. The summed E-state index contributed by atoms with van der Waals surface area (Å²) in [7, 11) is 0. The van der Waals surface area contributed by atoms with Crippen molar-refractivity contribution in [2.24, 2.45) is 0 Å². The van der Waals surface area contributed by atoms with Crippen molar-refractivity contribution < 1.29 is 4.74 Å². The third-order valence-electron chi connectivity index (χ3n) is 7.06. The van der Waals surface area contributed by atoms with E-state index in [-0.39, 0.29) is 0 Å². The first-order valence-electron chi connectivity index (χ1n) is 12.6.